The minimum Gasteiger partial charge on any atom is -0.507 e. The number of para-hydroxylation sites is 1. The standard InChI is InChI=1S/C13H19NO2/c1-8-4-2-7-10(12(8)15)11(14)13(16)9-5-3-6-9/h2,4,7,9,11,13,15-16H,3,5-6,14H2,1H3/t11-,13+/m1/s1. The Labute approximate surface area is 95.9 Å². The topological polar surface area (TPSA) is 66.5 Å². The van der Waals surface area contributed by atoms with Crippen LogP contribution >= 0.6 is 0 Å². The second-order valence-electron chi connectivity index (χ2n) is 4.72. The molecule has 3 heteroatoms. The normalized spacial score (nSPS) is 20.2. The lowest BCUT2D eigenvalue weighted by Gasteiger charge is -2.34. The Morgan fingerprint density at radius 1 is 1.38 bits per heavy atom. The van der Waals surface area contributed by atoms with E-state index in [1.54, 1.807) is 6.07 Å². The Bertz CT molecular complexity index is 374. The highest BCUT2D eigenvalue weighted by atomic mass is 16.3. The third kappa shape index (κ3) is 1.93. The third-order valence-corrected chi connectivity index (χ3v) is 3.63. The number of aromatic hydroxyl groups is 1. The molecule has 1 saturated carbocycles. The molecule has 0 aromatic heterocycles. The van der Waals surface area contributed by atoms with Gasteiger partial charge in [0.25, 0.3) is 0 Å². The van der Waals surface area contributed by atoms with Gasteiger partial charge in [0, 0.05) is 5.56 Å². The molecule has 0 bridgehead atoms. The summed E-state index contributed by atoms with van der Waals surface area (Å²) in [6.07, 6.45) is 2.72. The molecule has 16 heavy (non-hydrogen) atoms. The molecule has 3 nitrogen and oxygen atoms in total. The number of aliphatic hydroxyl groups is 1. The highest BCUT2D eigenvalue weighted by Gasteiger charge is 2.31. The van der Waals surface area contributed by atoms with E-state index in [2.05, 4.69) is 0 Å². The summed E-state index contributed by atoms with van der Waals surface area (Å²) in [5, 5.41) is 20.0. The zero-order chi connectivity index (χ0) is 11.7. The maximum Gasteiger partial charge on any atom is 0.123 e. The fourth-order valence-electron chi connectivity index (χ4n) is 2.21. The van der Waals surface area contributed by atoms with Gasteiger partial charge in [-0.3, -0.25) is 0 Å². The van der Waals surface area contributed by atoms with Crippen molar-refractivity contribution in [1.82, 2.24) is 0 Å². The minimum atomic E-state index is -0.540. The summed E-state index contributed by atoms with van der Waals surface area (Å²) < 4.78 is 0. The Balaban J connectivity index is 2.19. The monoisotopic (exact) mass is 221 g/mol. The number of aliphatic hydroxyl groups excluding tert-OH is 1. The zero-order valence-corrected chi connectivity index (χ0v) is 9.56. The van der Waals surface area contributed by atoms with Gasteiger partial charge in [-0.15, -0.1) is 0 Å². The first-order valence-corrected chi connectivity index (χ1v) is 5.83. The number of benzene rings is 1. The molecule has 0 radical (unpaired) electrons. The molecule has 0 spiro atoms. The van der Waals surface area contributed by atoms with Crippen LogP contribution in [0, 0.1) is 12.8 Å². The van der Waals surface area contributed by atoms with Crippen LogP contribution in [-0.2, 0) is 0 Å². The molecule has 0 heterocycles. The summed E-state index contributed by atoms with van der Waals surface area (Å²) in [4.78, 5) is 0. The third-order valence-electron chi connectivity index (χ3n) is 3.63. The van der Waals surface area contributed by atoms with Crippen LogP contribution in [0.15, 0.2) is 18.2 Å². The molecular formula is C13H19NO2. The molecule has 4 N–H and O–H groups in total. The number of hydrogen-bond donors (Lipinski definition) is 3. The summed E-state index contributed by atoms with van der Waals surface area (Å²) in [6, 6.07) is 5.00. The van der Waals surface area contributed by atoms with E-state index in [1.807, 2.05) is 19.1 Å². The Morgan fingerprint density at radius 2 is 2.06 bits per heavy atom. The van der Waals surface area contributed by atoms with Crippen molar-refractivity contribution in [1.29, 1.82) is 0 Å². The van der Waals surface area contributed by atoms with Gasteiger partial charge in [-0.05, 0) is 31.2 Å². The van der Waals surface area contributed by atoms with Crippen LogP contribution in [0.25, 0.3) is 0 Å². The molecule has 0 aliphatic heterocycles. The fraction of sp³-hybridized carbons (Fsp3) is 0.538. The van der Waals surface area contributed by atoms with Gasteiger partial charge in [-0.1, -0.05) is 24.6 Å². The van der Waals surface area contributed by atoms with E-state index in [0.717, 1.165) is 18.4 Å². The summed E-state index contributed by atoms with van der Waals surface area (Å²) in [5.74, 6) is 0.517. The molecule has 1 aliphatic rings. The largest absolute Gasteiger partial charge is 0.507 e. The van der Waals surface area contributed by atoms with Crippen LogP contribution in [-0.4, -0.2) is 16.3 Å². The van der Waals surface area contributed by atoms with Crippen molar-refractivity contribution in [3.63, 3.8) is 0 Å². The van der Waals surface area contributed by atoms with Gasteiger partial charge >= 0.3 is 0 Å². The smallest absolute Gasteiger partial charge is 0.123 e. The average Bonchev–Trinajstić information content (AvgIpc) is 2.18. The minimum absolute atomic E-state index is 0.216. The second-order valence-corrected chi connectivity index (χ2v) is 4.72. The highest BCUT2D eigenvalue weighted by molar-refractivity contribution is 5.41. The second kappa shape index (κ2) is 4.44. The predicted octanol–water partition coefficient (Wildman–Crippen LogP) is 1.86. The Hall–Kier alpha value is -1.06. The lowest BCUT2D eigenvalue weighted by atomic mass is 9.77. The van der Waals surface area contributed by atoms with Gasteiger partial charge in [0.05, 0.1) is 12.1 Å². The summed E-state index contributed by atoms with van der Waals surface area (Å²) in [7, 11) is 0. The molecule has 0 amide bonds. The van der Waals surface area contributed by atoms with Crippen molar-refractivity contribution in [2.45, 2.75) is 38.3 Å². The molecule has 88 valence electrons. The van der Waals surface area contributed by atoms with E-state index >= 15 is 0 Å². The van der Waals surface area contributed by atoms with Gasteiger partial charge < -0.3 is 15.9 Å². The van der Waals surface area contributed by atoms with Crippen molar-refractivity contribution >= 4 is 0 Å². The molecule has 1 aromatic rings. The van der Waals surface area contributed by atoms with Crippen LogP contribution in [0.4, 0.5) is 0 Å². The van der Waals surface area contributed by atoms with Gasteiger partial charge in [-0.2, -0.15) is 0 Å². The van der Waals surface area contributed by atoms with Gasteiger partial charge in [0.2, 0.25) is 0 Å². The maximum absolute atomic E-state index is 10.1. The van der Waals surface area contributed by atoms with Gasteiger partial charge in [0.1, 0.15) is 5.75 Å². The molecule has 1 aliphatic carbocycles. The fourth-order valence-corrected chi connectivity index (χ4v) is 2.21. The van der Waals surface area contributed by atoms with Crippen molar-refractivity contribution in [3.05, 3.63) is 29.3 Å². The van der Waals surface area contributed by atoms with Crippen molar-refractivity contribution in [2.75, 3.05) is 0 Å². The summed E-state index contributed by atoms with van der Waals surface area (Å²) >= 11 is 0. The lowest BCUT2D eigenvalue weighted by Crippen LogP contribution is -2.36. The maximum atomic E-state index is 10.1. The first kappa shape index (κ1) is 11.4. The van der Waals surface area contributed by atoms with E-state index in [0.29, 0.717) is 11.5 Å². The zero-order valence-electron chi connectivity index (χ0n) is 9.56. The number of hydrogen-bond acceptors (Lipinski definition) is 3. The molecule has 2 rings (SSSR count). The lowest BCUT2D eigenvalue weighted by molar-refractivity contribution is 0.0407. The number of phenols is 1. The van der Waals surface area contributed by atoms with Gasteiger partial charge in [-0.25, -0.2) is 0 Å². The Kier molecular flexibility index (Phi) is 3.17. The number of aryl methyl sites for hydroxylation is 1. The molecule has 2 atom stereocenters. The van der Waals surface area contributed by atoms with Gasteiger partial charge in [0.15, 0.2) is 0 Å². The first-order valence-electron chi connectivity index (χ1n) is 5.83. The summed E-state index contributed by atoms with van der Waals surface area (Å²) in [6.45, 7) is 1.83. The van der Waals surface area contributed by atoms with E-state index in [4.69, 9.17) is 5.73 Å². The molecule has 0 saturated heterocycles. The number of phenolic OH excluding ortho intramolecular Hbond substituents is 1. The molecule has 1 aromatic carbocycles. The van der Waals surface area contributed by atoms with E-state index in [9.17, 15) is 10.2 Å². The molecule has 1 fully saturated rings. The van der Waals surface area contributed by atoms with Crippen LogP contribution in [0.3, 0.4) is 0 Å². The SMILES string of the molecule is Cc1cccc([C@@H](N)[C@@H](O)C2CCC2)c1O. The van der Waals surface area contributed by atoms with E-state index < -0.39 is 12.1 Å². The van der Waals surface area contributed by atoms with Crippen molar-refractivity contribution in [2.24, 2.45) is 11.7 Å². The van der Waals surface area contributed by atoms with Crippen LogP contribution in [0.5, 0.6) is 5.75 Å². The first-order chi connectivity index (χ1) is 7.61. The highest BCUT2D eigenvalue weighted by Crippen LogP contribution is 2.36. The van der Waals surface area contributed by atoms with Crippen molar-refractivity contribution in [3.8, 4) is 5.75 Å². The number of nitrogens with two attached hydrogens (primary N) is 1. The van der Waals surface area contributed by atoms with Crippen LogP contribution < -0.4 is 5.73 Å². The van der Waals surface area contributed by atoms with E-state index in [1.165, 1.54) is 6.42 Å². The van der Waals surface area contributed by atoms with Crippen LogP contribution in [0.2, 0.25) is 0 Å². The molecule has 0 unspecified atom stereocenters. The Morgan fingerprint density at radius 3 is 2.62 bits per heavy atom. The average molecular weight is 221 g/mol. The summed E-state index contributed by atoms with van der Waals surface area (Å²) in [5.41, 5.74) is 7.46. The number of rotatable bonds is 3. The molecular weight excluding hydrogens is 202 g/mol. The van der Waals surface area contributed by atoms with Crippen molar-refractivity contribution < 1.29 is 10.2 Å². The quantitative estimate of drug-likeness (QED) is 0.730. The van der Waals surface area contributed by atoms with E-state index in [-0.39, 0.29) is 5.75 Å². The predicted molar refractivity (Wildman–Crippen MR) is 63.1 cm³/mol. The van der Waals surface area contributed by atoms with Crippen LogP contribution in [0.1, 0.15) is 36.4 Å².